The number of hydrogen-bond donors (Lipinski definition) is 0. The maximum absolute atomic E-state index is 12.5. The van der Waals surface area contributed by atoms with Crippen molar-refractivity contribution >= 4 is 49.6 Å². The van der Waals surface area contributed by atoms with Crippen LogP contribution in [0.25, 0.3) is 5.70 Å². The van der Waals surface area contributed by atoms with Gasteiger partial charge in [-0.15, -0.1) is 17.0 Å². The molecule has 8 heteroatoms. The zero-order chi connectivity index (χ0) is 15.7. The minimum atomic E-state index is -3.39. The number of fused-ring (bicyclic) bond motifs is 1. The third-order valence-electron chi connectivity index (χ3n) is 3.86. The Morgan fingerprint density at radius 2 is 1.87 bits per heavy atom. The molecule has 0 N–H and O–H groups in total. The Bertz CT molecular complexity index is 726. The number of nitrogens with zero attached hydrogens (tertiary/aromatic N) is 3. The predicted octanol–water partition coefficient (Wildman–Crippen LogP) is 3.01. The van der Waals surface area contributed by atoms with Crippen molar-refractivity contribution in [1.82, 2.24) is 9.21 Å². The van der Waals surface area contributed by atoms with Crippen molar-refractivity contribution in [2.75, 3.05) is 26.2 Å². The second-order valence-electron chi connectivity index (χ2n) is 5.05. The standard InChI is InChI=1S/C15H19N3O2S2.BrH/c1-3-17(4-2)22(19,20)13-7-5-12(6-8-13)14-11-21-15-16-9-10-18(14)15;/h5-8,11H,3-4,9-10H2,1-2H3;1H. The van der Waals surface area contributed by atoms with Gasteiger partial charge in [0.15, 0.2) is 5.17 Å². The van der Waals surface area contributed by atoms with Crippen LogP contribution >= 0.6 is 28.7 Å². The second-order valence-corrected chi connectivity index (χ2v) is 7.83. The van der Waals surface area contributed by atoms with Gasteiger partial charge in [-0.25, -0.2) is 8.42 Å². The molecule has 5 nitrogen and oxygen atoms in total. The number of amidine groups is 1. The van der Waals surface area contributed by atoms with E-state index in [1.165, 1.54) is 4.31 Å². The summed E-state index contributed by atoms with van der Waals surface area (Å²) in [6, 6.07) is 7.15. The quantitative estimate of drug-likeness (QED) is 0.738. The Labute approximate surface area is 152 Å². The highest BCUT2D eigenvalue weighted by atomic mass is 79.9. The number of hydrogen-bond acceptors (Lipinski definition) is 5. The van der Waals surface area contributed by atoms with Crippen LogP contribution in [0.1, 0.15) is 19.4 Å². The summed E-state index contributed by atoms with van der Waals surface area (Å²) in [5.74, 6) is 0. The van der Waals surface area contributed by atoms with Crippen LogP contribution in [0.15, 0.2) is 39.6 Å². The molecule has 0 saturated carbocycles. The summed E-state index contributed by atoms with van der Waals surface area (Å²) in [6.07, 6.45) is 0. The number of aliphatic imine (C=N–C) groups is 1. The minimum Gasteiger partial charge on any atom is -0.318 e. The molecule has 0 radical (unpaired) electrons. The van der Waals surface area contributed by atoms with Gasteiger partial charge in [-0.1, -0.05) is 37.7 Å². The van der Waals surface area contributed by atoms with E-state index in [0.717, 1.165) is 29.5 Å². The average Bonchev–Trinajstić information content (AvgIpc) is 3.11. The Kier molecular flexibility index (Phi) is 5.94. The van der Waals surface area contributed by atoms with Crippen LogP contribution in [0, 0.1) is 0 Å². The lowest BCUT2D eigenvalue weighted by molar-refractivity contribution is 0.445. The summed E-state index contributed by atoms with van der Waals surface area (Å²) < 4.78 is 26.4. The molecule has 0 aliphatic carbocycles. The summed E-state index contributed by atoms with van der Waals surface area (Å²) in [6.45, 7) is 6.39. The summed E-state index contributed by atoms with van der Waals surface area (Å²) in [5, 5.41) is 3.11. The van der Waals surface area contributed by atoms with E-state index in [4.69, 9.17) is 0 Å². The summed E-state index contributed by atoms with van der Waals surface area (Å²) in [7, 11) is -3.39. The number of benzene rings is 1. The van der Waals surface area contributed by atoms with E-state index in [1.54, 1.807) is 23.9 Å². The topological polar surface area (TPSA) is 53.0 Å². The van der Waals surface area contributed by atoms with E-state index in [1.807, 2.05) is 26.0 Å². The van der Waals surface area contributed by atoms with Crippen LogP contribution in [0.2, 0.25) is 0 Å². The molecule has 23 heavy (non-hydrogen) atoms. The van der Waals surface area contributed by atoms with Crippen molar-refractivity contribution in [1.29, 1.82) is 0 Å². The maximum Gasteiger partial charge on any atom is 0.243 e. The Hall–Kier alpha value is -0.830. The molecule has 1 aromatic rings. The normalized spacial score (nSPS) is 16.9. The fourth-order valence-corrected chi connectivity index (χ4v) is 5.08. The smallest absolute Gasteiger partial charge is 0.243 e. The van der Waals surface area contributed by atoms with Gasteiger partial charge in [0, 0.05) is 25.0 Å². The summed E-state index contributed by atoms with van der Waals surface area (Å²) in [4.78, 5) is 6.95. The number of rotatable bonds is 5. The van der Waals surface area contributed by atoms with Gasteiger partial charge in [0.1, 0.15) is 0 Å². The van der Waals surface area contributed by atoms with Gasteiger partial charge in [-0.05, 0) is 17.7 Å². The average molecular weight is 418 g/mol. The van der Waals surface area contributed by atoms with E-state index in [0.29, 0.717) is 18.0 Å². The van der Waals surface area contributed by atoms with Crippen molar-refractivity contribution in [2.24, 2.45) is 4.99 Å². The van der Waals surface area contributed by atoms with E-state index in [9.17, 15) is 8.42 Å². The molecule has 0 unspecified atom stereocenters. The number of thioether (sulfide) groups is 1. The first-order valence-corrected chi connectivity index (χ1v) is 9.69. The van der Waals surface area contributed by atoms with Gasteiger partial charge >= 0.3 is 0 Å². The summed E-state index contributed by atoms with van der Waals surface area (Å²) >= 11 is 1.63. The van der Waals surface area contributed by atoms with Crippen molar-refractivity contribution in [3.8, 4) is 0 Å². The fraction of sp³-hybridized carbons (Fsp3) is 0.400. The Balaban J connectivity index is 0.00000192. The highest BCUT2D eigenvalue weighted by molar-refractivity contribution is 8.93. The van der Waals surface area contributed by atoms with Crippen LogP contribution in [-0.4, -0.2) is 49.0 Å². The van der Waals surface area contributed by atoms with Crippen molar-refractivity contribution in [2.45, 2.75) is 18.7 Å². The largest absolute Gasteiger partial charge is 0.318 e. The third kappa shape index (κ3) is 3.35. The molecule has 2 aliphatic heterocycles. The molecule has 3 rings (SSSR count). The third-order valence-corrected chi connectivity index (χ3v) is 6.83. The fourth-order valence-electron chi connectivity index (χ4n) is 2.66. The zero-order valence-corrected chi connectivity index (χ0v) is 16.4. The van der Waals surface area contributed by atoms with Crippen LogP contribution in [0.5, 0.6) is 0 Å². The molecule has 0 aromatic heterocycles. The van der Waals surface area contributed by atoms with Gasteiger partial charge in [0.2, 0.25) is 10.0 Å². The van der Waals surface area contributed by atoms with Crippen LogP contribution in [-0.2, 0) is 10.0 Å². The van der Waals surface area contributed by atoms with E-state index < -0.39 is 10.0 Å². The van der Waals surface area contributed by atoms with Gasteiger partial charge < -0.3 is 4.90 Å². The molecular formula is C15H20BrN3O2S2. The summed E-state index contributed by atoms with van der Waals surface area (Å²) in [5.41, 5.74) is 2.13. The molecule has 126 valence electrons. The molecule has 0 saturated heterocycles. The van der Waals surface area contributed by atoms with E-state index in [-0.39, 0.29) is 17.0 Å². The van der Waals surface area contributed by atoms with Crippen molar-refractivity contribution in [3.05, 3.63) is 35.2 Å². The Morgan fingerprint density at radius 3 is 2.48 bits per heavy atom. The van der Waals surface area contributed by atoms with Crippen LogP contribution in [0.4, 0.5) is 0 Å². The molecule has 0 bridgehead atoms. The first kappa shape index (κ1) is 18.5. The predicted molar refractivity (Wildman–Crippen MR) is 101 cm³/mol. The molecule has 0 amide bonds. The van der Waals surface area contributed by atoms with E-state index >= 15 is 0 Å². The van der Waals surface area contributed by atoms with Gasteiger partial charge in [-0.3, -0.25) is 4.99 Å². The van der Waals surface area contributed by atoms with Gasteiger partial charge in [0.25, 0.3) is 0 Å². The lowest BCUT2D eigenvalue weighted by Crippen LogP contribution is -2.30. The lowest BCUT2D eigenvalue weighted by Gasteiger charge is -2.19. The second kappa shape index (κ2) is 7.38. The monoisotopic (exact) mass is 417 g/mol. The Morgan fingerprint density at radius 1 is 1.22 bits per heavy atom. The first-order valence-electron chi connectivity index (χ1n) is 7.37. The van der Waals surface area contributed by atoms with E-state index in [2.05, 4.69) is 15.3 Å². The number of halogens is 1. The molecule has 1 aromatic carbocycles. The van der Waals surface area contributed by atoms with Crippen molar-refractivity contribution < 1.29 is 8.42 Å². The minimum absolute atomic E-state index is 0. The number of sulfonamides is 1. The SMILES string of the molecule is Br.CCN(CC)S(=O)(=O)c1ccc(C2=CSC3=NCCN23)cc1. The molecule has 0 fully saturated rings. The molecular weight excluding hydrogens is 398 g/mol. The van der Waals surface area contributed by atoms with Gasteiger partial charge in [0.05, 0.1) is 17.1 Å². The highest BCUT2D eigenvalue weighted by Gasteiger charge is 2.27. The molecule has 0 atom stereocenters. The first-order chi connectivity index (χ1) is 10.6. The molecule has 0 spiro atoms. The zero-order valence-electron chi connectivity index (χ0n) is 13.1. The molecule has 2 heterocycles. The lowest BCUT2D eigenvalue weighted by atomic mass is 10.1. The van der Waals surface area contributed by atoms with Crippen molar-refractivity contribution in [3.63, 3.8) is 0 Å². The maximum atomic E-state index is 12.5. The van der Waals surface area contributed by atoms with Gasteiger partial charge in [-0.2, -0.15) is 4.31 Å². The highest BCUT2D eigenvalue weighted by Crippen LogP contribution is 2.35. The van der Waals surface area contributed by atoms with Crippen LogP contribution < -0.4 is 0 Å². The van der Waals surface area contributed by atoms with Crippen LogP contribution in [0.3, 0.4) is 0 Å². The molecule has 2 aliphatic rings.